The third-order valence-electron chi connectivity index (χ3n) is 4.11. The number of rotatable bonds is 4. The summed E-state index contributed by atoms with van der Waals surface area (Å²) in [5.41, 5.74) is 3.33. The quantitative estimate of drug-likeness (QED) is 0.733. The summed E-state index contributed by atoms with van der Waals surface area (Å²) >= 11 is 4.61. The molecule has 0 fully saturated rings. The van der Waals surface area contributed by atoms with Crippen LogP contribution in [0.4, 0.5) is 5.69 Å². The summed E-state index contributed by atoms with van der Waals surface area (Å²) in [6, 6.07) is 9.33. The van der Waals surface area contributed by atoms with Crippen molar-refractivity contribution in [3.63, 3.8) is 0 Å². The second-order valence-corrected chi connectivity index (χ2v) is 7.90. The van der Waals surface area contributed by atoms with Crippen LogP contribution >= 0.6 is 27.7 Å². The number of Topliss-reactive ketones (excluding diaryl/α,β-unsaturated/α-hetero) is 1. The third-order valence-corrected chi connectivity index (χ3v) is 5.59. The molecule has 3 rings (SSSR count). The summed E-state index contributed by atoms with van der Waals surface area (Å²) in [5.74, 6) is 0.0133. The molecule has 26 heavy (non-hydrogen) atoms. The Morgan fingerprint density at radius 1 is 1.38 bits per heavy atom. The van der Waals surface area contributed by atoms with E-state index in [-0.39, 0.29) is 17.4 Å². The van der Waals surface area contributed by atoms with Crippen molar-refractivity contribution < 1.29 is 9.59 Å². The number of nitriles is 1. The van der Waals surface area contributed by atoms with Crippen molar-refractivity contribution in [1.29, 1.82) is 5.26 Å². The van der Waals surface area contributed by atoms with Crippen molar-refractivity contribution in [3.05, 3.63) is 51.1 Å². The highest BCUT2D eigenvalue weighted by Gasteiger charge is 2.21. The average Bonchev–Trinajstić information content (AvgIpc) is 2.62. The van der Waals surface area contributed by atoms with E-state index < -0.39 is 0 Å². The van der Waals surface area contributed by atoms with Gasteiger partial charge in [-0.2, -0.15) is 5.26 Å². The van der Waals surface area contributed by atoms with E-state index in [9.17, 15) is 14.9 Å². The fraction of sp³-hybridized carbons (Fsp3) is 0.263. The van der Waals surface area contributed by atoms with Crippen molar-refractivity contribution >= 4 is 45.1 Å². The molecule has 1 heterocycles. The maximum Gasteiger partial charge on any atom is 0.234 e. The van der Waals surface area contributed by atoms with Gasteiger partial charge >= 0.3 is 0 Å². The number of nitrogens with zero attached hydrogens (tertiary/aromatic N) is 2. The molecule has 132 valence electrons. The third kappa shape index (κ3) is 4.14. The van der Waals surface area contributed by atoms with Crippen LogP contribution in [-0.4, -0.2) is 22.4 Å². The Kier molecular flexibility index (Phi) is 5.74. The van der Waals surface area contributed by atoms with E-state index in [1.165, 1.54) is 11.8 Å². The van der Waals surface area contributed by atoms with Gasteiger partial charge in [0.1, 0.15) is 11.1 Å². The van der Waals surface area contributed by atoms with Crippen LogP contribution in [0.5, 0.6) is 0 Å². The summed E-state index contributed by atoms with van der Waals surface area (Å²) in [4.78, 5) is 28.7. The van der Waals surface area contributed by atoms with E-state index in [2.05, 4.69) is 32.3 Å². The summed E-state index contributed by atoms with van der Waals surface area (Å²) in [5, 5.41) is 12.7. The van der Waals surface area contributed by atoms with Gasteiger partial charge in [0, 0.05) is 22.1 Å². The molecule has 1 aromatic heterocycles. The predicted octanol–water partition coefficient (Wildman–Crippen LogP) is 4.27. The second kappa shape index (κ2) is 8.02. The van der Waals surface area contributed by atoms with Gasteiger partial charge in [-0.3, -0.25) is 9.59 Å². The molecule has 0 saturated heterocycles. The van der Waals surface area contributed by atoms with Crippen molar-refractivity contribution in [2.45, 2.75) is 31.2 Å². The number of amides is 1. The summed E-state index contributed by atoms with van der Waals surface area (Å²) in [7, 11) is 0. The Labute approximate surface area is 164 Å². The number of fused-ring (bicyclic) bond motifs is 1. The molecule has 7 heteroatoms. The molecule has 1 amide bonds. The summed E-state index contributed by atoms with van der Waals surface area (Å²) in [6.07, 6.45) is 2.00. The number of halogens is 1. The largest absolute Gasteiger partial charge is 0.325 e. The standard InChI is InChI=1S/C19H16BrN3O2S/c1-11-7-13(20)5-6-15(11)22-18(25)10-26-19-12(9-21)8-14-16(23-19)3-2-4-17(14)24/h5-8H,2-4,10H2,1H3,(H,22,25). The number of hydrogen-bond donors (Lipinski definition) is 1. The van der Waals surface area contributed by atoms with E-state index in [0.29, 0.717) is 22.6 Å². The number of carbonyl (C=O) groups excluding carboxylic acids is 2. The molecule has 1 aliphatic rings. The lowest BCUT2D eigenvalue weighted by atomic mass is 9.94. The number of hydrogen-bond acceptors (Lipinski definition) is 5. The van der Waals surface area contributed by atoms with E-state index in [4.69, 9.17) is 0 Å². The van der Waals surface area contributed by atoms with Crippen LogP contribution in [0.25, 0.3) is 0 Å². The molecule has 0 bridgehead atoms. The number of aromatic nitrogens is 1. The number of anilines is 1. The number of pyridine rings is 1. The molecule has 1 aromatic carbocycles. The minimum absolute atomic E-state index is 0.0373. The molecule has 2 aromatic rings. The molecular formula is C19H16BrN3O2S. The number of nitrogens with one attached hydrogen (secondary N) is 1. The molecule has 1 N–H and O–H groups in total. The Morgan fingerprint density at radius 3 is 2.92 bits per heavy atom. The molecule has 0 radical (unpaired) electrons. The predicted molar refractivity (Wildman–Crippen MR) is 104 cm³/mol. The van der Waals surface area contributed by atoms with Crippen molar-refractivity contribution in [3.8, 4) is 6.07 Å². The molecule has 1 aliphatic carbocycles. The lowest BCUT2D eigenvalue weighted by molar-refractivity contribution is -0.113. The highest BCUT2D eigenvalue weighted by molar-refractivity contribution is 9.10. The lowest BCUT2D eigenvalue weighted by Crippen LogP contribution is -2.16. The van der Waals surface area contributed by atoms with Crippen molar-refractivity contribution in [1.82, 2.24) is 4.98 Å². The normalized spacial score (nSPS) is 13.0. The molecule has 0 saturated carbocycles. The van der Waals surface area contributed by atoms with Gasteiger partial charge in [0.2, 0.25) is 5.91 Å². The van der Waals surface area contributed by atoms with Crippen LogP contribution in [-0.2, 0) is 11.2 Å². The van der Waals surface area contributed by atoms with Gasteiger partial charge < -0.3 is 5.32 Å². The Hall–Kier alpha value is -2.17. The van der Waals surface area contributed by atoms with E-state index in [1.54, 1.807) is 6.07 Å². The summed E-state index contributed by atoms with van der Waals surface area (Å²) < 4.78 is 0.953. The monoisotopic (exact) mass is 429 g/mol. The Bertz CT molecular complexity index is 937. The van der Waals surface area contributed by atoms with E-state index in [0.717, 1.165) is 34.3 Å². The van der Waals surface area contributed by atoms with Gasteiger partial charge in [-0.25, -0.2) is 4.98 Å². The minimum atomic E-state index is -0.167. The molecule has 0 aliphatic heterocycles. The van der Waals surface area contributed by atoms with Crippen LogP contribution in [0.1, 0.15) is 40.0 Å². The maximum absolute atomic E-state index is 12.3. The number of benzene rings is 1. The minimum Gasteiger partial charge on any atom is -0.325 e. The molecule has 0 atom stereocenters. The molecule has 5 nitrogen and oxygen atoms in total. The van der Waals surface area contributed by atoms with Crippen molar-refractivity contribution in [2.75, 3.05) is 11.1 Å². The molecule has 0 unspecified atom stereocenters. The first kappa shape index (κ1) is 18.6. The van der Waals surface area contributed by atoms with Gasteiger partial charge in [-0.05, 0) is 49.6 Å². The Balaban J connectivity index is 1.72. The van der Waals surface area contributed by atoms with Crippen LogP contribution in [0.15, 0.2) is 33.8 Å². The average molecular weight is 430 g/mol. The number of aryl methyl sites for hydroxylation is 2. The van der Waals surface area contributed by atoms with Gasteiger partial charge in [0.15, 0.2) is 5.78 Å². The van der Waals surface area contributed by atoms with Crippen LogP contribution in [0.2, 0.25) is 0 Å². The molecular weight excluding hydrogens is 414 g/mol. The van der Waals surface area contributed by atoms with Gasteiger partial charge in [-0.15, -0.1) is 0 Å². The van der Waals surface area contributed by atoms with Crippen LogP contribution in [0, 0.1) is 18.3 Å². The zero-order chi connectivity index (χ0) is 18.7. The maximum atomic E-state index is 12.3. The number of carbonyl (C=O) groups is 2. The smallest absolute Gasteiger partial charge is 0.234 e. The fourth-order valence-electron chi connectivity index (χ4n) is 2.79. The van der Waals surface area contributed by atoms with Gasteiger partial charge in [0.05, 0.1) is 17.0 Å². The first-order valence-electron chi connectivity index (χ1n) is 8.14. The summed E-state index contributed by atoms with van der Waals surface area (Å²) in [6.45, 7) is 1.92. The highest BCUT2D eigenvalue weighted by atomic mass is 79.9. The first-order valence-corrected chi connectivity index (χ1v) is 9.92. The zero-order valence-electron chi connectivity index (χ0n) is 14.1. The Morgan fingerprint density at radius 2 is 2.19 bits per heavy atom. The fourth-order valence-corrected chi connectivity index (χ4v) is 4.04. The molecule has 0 spiro atoms. The van der Waals surface area contributed by atoms with E-state index in [1.807, 2.05) is 25.1 Å². The van der Waals surface area contributed by atoms with Gasteiger partial charge in [-0.1, -0.05) is 27.7 Å². The topological polar surface area (TPSA) is 82.8 Å². The van der Waals surface area contributed by atoms with Crippen molar-refractivity contribution in [2.24, 2.45) is 0 Å². The van der Waals surface area contributed by atoms with Gasteiger partial charge in [0.25, 0.3) is 0 Å². The first-order chi connectivity index (χ1) is 12.5. The van der Waals surface area contributed by atoms with E-state index >= 15 is 0 Å². The number of thioether (sulfide) groups is 1. The zero-order valence-corrected chi connectivity index (χ0v) is 16.5. The second-order valence-electron chi connectivity index (χ2n) is 6.02. The van der Waals surface area contributed by atoms with Crippen LogP contribution in [0.3, 0.4) is 0 Å². The van der Waals surface area contributed by atoms with Crippen LogP contribution < -0.4 is 5.32 Å². The lowest BCUT2D eigenvalue weighted by Gasteiger charge is -2.15. The SMILES string of the molecule is Cc1cc(Br)ccc1NC(=O)CSc1nc2c(cc1C#N)C(=O)CCC2. The number of ketones is 1. The highest BCUT2D eigenvalue weighted by Crippen LogP contribution is 2.27.